The summed E-state index contributed by atoms with van der Waals surface area (Å²) < 4.78 is 0. The second kappa shape index (κ2) is 7.26. The number of hydrogen-bond acceptors (Lipinski definition) is 2. The smallest absolute Gasteiger partial charge is 0.0931 e. The highest BCUT2D eigenvalue weighted by Gasteiger charge is 2.19. The van der Waals surface area contributed by atoms with E-state index in [0.717, 1.165) is 23.2 Å². The maximum Gasteiger partial charge on any atom is 0.0931 e. The predicted octanol–water partition coefficient (Wildman–Crippen LogP) is 5.89. The molecule has 0 fully saturated rings. The van der Waals surface area contributed by atoms with E-state index in [2.05, 4.69) is 48.1 Å². The fourth-order valence-electron chi connectivity index (χ4n) is 2.15. The molecule has 21 heavy (non-hydrogen) atoms. The minimum Gasteiger partial charge on any atom is -0.246 e. The summed E-state index contributed by atoms with van der Waals surface area (Å²) >= 11 is 11.7. The summed E-state index contributed by atoms with van der Waals surface area (Å²) in [6, 6.07) is 8.10. The Morgan fingerprint density at radius 3 is 2.52 bits per heavy atom. The highest BCUT2D eigenvalue weighted by Crippen LogP contribution is 2.27. The topological polar surface area (TPSA) is 12.9 Å². The summed E-state index contributed by atoms with van der Waals surface area (Å²) in [6.07, 6.45) is 1.98. The third-order valence-electron chi connectivity index (χ3n) is 3.47. The molecule has 4 heteroatoms. The normalized spacial score (nSPS) is 13.4. The molecule has 0 aliphatic rings. The minimum absolute atomic E-state index is 0.126. The fourth-order valence-corrected chi connectivity index (χ4v) is 3.96. The molecule has 2 aromatic rings. The Bertz CT molecular complexity index is 588. The number of rotatable bonds is 5. The molecule has 0 bridgehead atoms. The summed E-state index contributed by atoms with van der Waals surface area (Å²) in [6.45, 7) is 6.62. The molecule has 0 spiro atoms. The monoisotopic (exact) mass is 385 g/mol. The van der Waals surface area contributed by atoms with E-state index in [0.29, 0.717) is 5.92 Å². The van der Waals surface area contributed by atoms with Crippen LogP contribution >= 0.6 is 38.9 Å². The van der Waals surface area contributed by atoms with E-state index in [9.17, 15) is 0 Å². The molecule has 114 valence electrons. The van der Waals surface area contributed by atoms with Gasteiger partial charge in [-0.1, -0.05) is 66.5 Å². The van der Waals surface area contributed by atoms with Crippen LogP contribution in [0.5, 0.6) is 0 Å². The molecule has 1 unspecified atom stereocenters. The molecule has 0 aliphatic heterocycles. The quantitative estimate of drug-likeness (QED) is 0.584. The zero-order valence-corrected chi connectivity index (χ0v) is 15.9. The third-order valence-corrected chi connectivity index (χ3v) is 5.62. The van der Waals surface area contributed by atoms with Crippen molar-refractivity contribution in [3.63, 3.8) is 0 Å². The lowest BCUT2D eigenvalue weighted by Gasteiger charge is -2.15. The number of nitrogens with zero attached hydrogens (tertiary/aromatic N) is 1. The first-order chi connectivity index (χ1) is 9.90. The molecule has 1 heterocycles. The molecule has 1 aromatic carbocycles. The van der Waals surface area contributed by atoms with Crippen molar-refractivity contribution in [2.75, 3.05) is 5.33 Å². The lowest BCUT2D eigenvalue weighted by molar-refractivity contribution is 0.558. The van der Waals surface area contributed by atoms with Crippen LogP contribution in [0.3, 0.4) is 0 Å². The number of halogens is 2. The molecule has 0 saturated carbocycles. The zero-order chi connectivity index (χ0) is 15.5. The van der Waals surface area contributed by atoms with Crippen LogP contribution in [-0.2, 0) is 18.3 Å². The molecule has 1 nitrogen and oxygen atoms in total. The number of aromatic nitrogens is 1. The van der Waals surface area contributed by atoms with Crippen LogP contribution in [0.1, 0.15) is 37.0 Å². The van der Waals surface area contributed by atoms with Crippen molar-refractivity contribution in [1.82, 2.24) is 4.98 Å². The van der Waals surface area contributed by atoms with E-state index in [-0.39, 0.29) is 5.41 Å². The first-order valence-corrected chi connectivity index (χ1v) is 9.52. The van der Waals surface area contributed by atoms with Crippen LogP contribution in [0.2, 0.25) is 5.02 Å². The maximum atomic E-state index is 6.26. The molecule has 0 N–H and O–H groups in total. The van der Waals surface area contributed by atoms with Gasteiger partial charge in [-0.05, 0) is 24.0 Å². The lowest BCUT2D eigenvalue weighted by Crippen LogP contribution is -2.13. The van der Waals surface area contributed by atoms with Gasteiger partial charge in [0.15, 0.2) is 0 Å². The van der Waals surface area contributed by atoms with E-state index in [1.807, 2.05) is 18.2 Å². The number of hydrogen-bond donors (Lipinski definition) is 0. The standard InChI is InChI=1S/C17H21BrClNS/c1-17(2,3)15-11-21-16(20-15)9-12(10-18)8-13-6-4-5-7-14(13)19/h4-7,11-12H,8-10H2,1-3H3. The minimum atomic E-state index is 0.126. The van der Waals surface area contributed by atoms with Crippen molar-refractivity contribution in [3.8, 4) is 0 Å². The van der Waals surface area contributed by atoms with Gasteiger partial charge in [0.05, 0.1) is 10.7 Å². The van der Waals surface area contributed by atoms with Crippen LogP contribution in [0.25, 0.3) is 0 Å². The van der Waals surface area contributed by atoms with Gasteiger partial charge in [0.2, 0.25) is 0 Å². The molecule has 0 saturated heterocycles. The van der Waals surface area contributed by atoms with Crippen LogP contribution in [-0.4, -0.2) is 10.3 Å². The van der Waals surface area contributed by atoms with Gasteiger partial charge in [-0.25, -0.2) is 4.98 Å². The Morgan fingerprint density at radius 1 is 1.24 bits per heavy atom. The van der Waals surface area contributed by atoms with E-state index in [4.69, 9.17) is 16.6 Å². The first kappa shape index (κ1) is 17.0. The van der Waals surface area contributed by atoms with E-state index < -0.39 is 0 Å². The number of benzene rings is 1. The van der Waals surface area contributed by atoms with E-state index >= 15 is 0 Å². The molecule has 2 rings (SSSR count). The van der Waals surface area contributed by atoms with Gasteiger partial charge < -0.3 is 0 Å². The molecule has 0 aliphatic carbocycles. The van der Waals surface area contributed by atoms with Crippen molar-refractivity contribution >= 4 is 38.9 Å². The second-order valence-electron chi connectivity index (χ2n) is 6.40. The molecule has 1 atom stereocenters. The Kier molecular flexibility index (Phi) is 5.87. The summed E-state index contributed by atoms with van der Waals surface area (Å²) in [5, 5.41) is 5.23. The van der Waals surface area contributed by atoms with Gasteiger partial charge in [-0.2, -0.15) is 0 Å². The predicted molar refractivity (Wildman–Crippen MR) is 97.0 cm³/mol. The van der Waals surface area contributed by atoms with Crippen LogP contribution in [0.4, 0.5) is 0 Å². The summed E-state index contributed by atoms with van der Waals surface area (Å²) in [5.74, 6) is 0.517. The Balaban J connectivity index is 2.06. The zero-order valence-electron chi connectivity index (χ0n) is 12.7. The molecule has 0 amide bonds. The average Bonchev–Trinajstić information content (AvgIpc) is 2.89. The van der Waals surface area contributed by atoms with Crippen LogP contribution in [0, 0.1) is 5.92 Å². The van der Waals surface area contributed by atoms with Gasteiger partial charge in [-0.15, -0.1) is 11.3 Å². The third kappa shape index (κ3) is 4.80. The largest absolute Gasteiger partial charge is 0.246 e. The van der Waals surface area contributed by atoms with Crippen molar-refractivity contribution in [1.29, 1.82) is 0 Å². The van der Waals surface area contributed by atoms with Crippen LogP contribution < -0.4 is 0 Å². The summed E-state index contributed by atoms with van der Waals surface area (Å²) in [7, 11) is 0. The number of alkyl halides is 1. The van der Waals surface area contributed by atoms with Gasteiger partial charge in [0.1, 0.15) is 0 Å². The van der Waals surface area contributed by atoms with E-state index in [1.165, 1.54) is 16.3 Å². The Morgan fingerprint density at radius 2 is 1.95 bits per heavy atom. The van der Waals surface area contributed by atoms with Crippen LogP contribution in [0.15, 0.2) is 29.6 Å². The van der Waals surface area contributed by atoms with Crippen molar-refractivity contribution in [2.45, 2.75) is 39.0 Å². The second-order valence-corrected chi connectivity index (χ2v) is 8.39. The summed E-state index contributed by atoms with van der Waals surface area (Å²) in [4.78, 5) is 4.80. The van der Waals surface area contributed by atoms with Gasteiger partial charge >= 0.3 is 0 Å². The number of thiazole rings is 1. The van der Waals surface area contributed by atoms with Gasteiger partial charge in [0.25, 0.3) is 0 Å². The highest BCUT2D eigenvalue weighted by atomic mass is 79.9. The fraction of sp³-hybridized carbons (Fsp3) is 0.471. The van der Waals surface area contributed by atoms with Gasteiger partial charge in [0, 0.05) is 27.6 Å². The summed E-state index contributed by atoms with van der Waals surface area (Å²) in [5.41, 5.74) is 2.53. The Hall–Kier alpha value is -0.380. The molecule has 1 aromatic heterocycles. The maximum absolute atomic E-state index is 6.26. The SMILES string of the molecule is CC(C)(C)c1csc(CC(CBr)Cc2ccccc2Cl)n1. The van der Waals surface area contributed by atoms with Gasteiger partial charge in [-0.3, -0.25) is 0 Å². The average molecular weight is 387 g/mol. The van der Waals surface area contributed by atoms with E-state index in [1.54, 1.807) is 11.3 Å². The Labute approximate surface area is 144 Å². The first-order valence-electron chi connectivity index (χ1n) is 7.14. The van der Waals surface area contributed by atoms with Crippen molar-refractivity contribution < 1.29 is 0 Å². The molecular weight excluding hydrogens is 366 g/mol. The van der Waals surface area contributed by atoms with Crippen molar-refractivity contribution in [3.05, 3.63) is 50.9 Å². The molecule has 0 radical (unpaired) electrons. The highest BCUT2D eigenvalue weighted by molar-refractivity contribution is 9.09. The lowest BCUT2D eigenvalue weighted by atomic mass is 9.93. The van der Waals surface area contributed by atoms with Crippen molar-refractivity contribution in [2.24, 2.45) is 5.92 Å². The molecular formula is C17H21BrClNS.